The van der Waals surface area contributed by atoms with E-state index < -0.39 is 30.0 Å². The summed E-state index contributed by atoms with van der Waals surface area (Å²) in [5, 5.41) is -1.11. The van der Waals surface area contributed by atoms with E-state index in [0.29, 0.717) is 21.5 Å². The lowest BCUT2D eigenvalue weighted by Crippen LogP contribution is -2.77. The second kappa shape index (κ2) is 7.04. The summed E-state index contributed by atoms with van der Waals surface area (Å²) in [6.07, 6.45) is 1.72. The monoisotopic (exact) mass is 510 g/mol. The van der Waals surface area contributed by atoms with Crippen LogP contribution < -0.4 is 10.4 Å². The molecular formula is C24H20F6N2SSi. The molecule has 178 valence electrons. The minimum atomic E-state index is -6.36. The molecule has 0 amide bonds. The first kappa shape index (κ1) is 23.3. The lowest BCUT2D eigenvalue weighted by molar-refractivity contribution is -0.107. The number of rotatable bonds is 1. The zero-order valence-corrected chi connectivity index (χ0v) is 20.6. The zero-order chi connectivity index (χ0) is 24.8. The molecule has 34 heavy (non-hydrogen) atoms. The number of nitrogens with zero attached hydrogens (tertiary/aromatic N) is 2. The molecule has 0 atom stereocenters. The van der Waals surface area contributed by atoms with Crippen molar-refractivity contribution in [3.05, 3.63) is 47.8 Å². The van der Waals surface area contributed by atoms with Crippen LogP contribution in [0.1, 0.15) is 31.9 Å². The van der Waals surface area contributed by atoms with E-state index in [1.807, 2.05) is 20.8 Å². The second-order valence-corrected chi connectivity index (χ2v) is 14.7. The number of halogens is 6. The van der Waals surface area contributed by atoms with Crippen LogP contribution in [0.3, 0.4) is 0 Å². The largest absolute Gasteiger partial charge is 0.381 e. The zero-order valence-electron chi connectivity index (χ0n) is 18.7. The fourth-order valence-electron chi connectivity index (χ4n) is 5.08. The molecule has 1 aliphatic rings. The van der Waals surface area contributed by atoms with Gasteiger partial charge in [-0.25, -0.2) is 9.97 Å². The summed E-state index contributed by atoms with van der Waals surface area (Å²) in [4.78, 5) is 8.91. The van der Waals surface area contributed by atoms with Crippen LogP contribution in [0.2, 0.25) is 0 Å². The van der Waals surface area contributed by atoms with Crippen molar-refractivity contribution in [3.63, 3.8) is 0 Å². The van der Waals surface area contributed by atoms with E-state index in [0.717, 1.165) is 29.0 Å². The smallest absolute Gasteiger partial charge is 0.236 e. The molecule has 3 heterocycles. The van der Waals surface area contributed by atoms with Crippen LogP contribution in [0.4, 0.5) is 26.3 Å². The first-order chi connectivity index (χ1) is 15.7. The van der Waals surface area contributed by atoms with Crippen LogP contribution in [0.15, 0.2) is 36.7 Å². The van der Waals surface area contributed by atoms with Gasteiger partial charge >= 0.3 is 19.7 Å². The van der Waals surface area contributed by atoms with Gasteiger partial charge in [0.2, 0.25) is 0 Å². The highest BCUT2D eigenvalue weighted by Gasteiger charge is 2.77. The van der Waals surface area contributed by atoms with Crippen molar-refractivity contribution >= 4 is 50.1 Å². The Labute approximate surface area is 196 Å². The third-order valence-electron chi connectivity index (χ3n) is 6.31. The summed E-state index contributed by atoms with van der Waals surface area (Å²) < 4.78 is 90.3. The number of hydrogen-bond acceptors (Lipinski definition) is 3. The lowest BCUT2D eigenvalue weighted by atomic mass is 9.87. The van der Waals surface area contributed by atoms with Crippen molar-refractivity contribution in [2.24, 2.45) is 5.41 Å². The van der Waals surface area contributed by atoms with Gasteiger partial charge in [0.25, 0.3) is 0 Å². The average molecular weight is 511 g/mol. The van der Waals surface area contributed by atoms with Crippen LogP contribution in [-0.4, -0.2) is 29.6 Å². The van der Waals surface area contributed by atoms with Crippen molar-refractivity contribution in [1.29, 1.82) is 0 Å². The minimum Gasteiger partial charge on any atom is -0.236 e. The molecule has 0 spiro atoms. The number of fused-ring (bicyclic) bond motifs is 2. The molecule has 0 saturated heterocycles. The molecular weight excluding hydrogens is 490 g/mol. The molecule has 0 saturated carbocycles. The predicted molar refractivity (Wildman–Crippen MR) is 125 cm³/mol. The Morgan fingerprint density at radius 3 is 2.12 bits per heavy atom. The fourth-order valence-corrected chi connectivity index (χ4v) is 10.1. The van der Waals surface area contributed by atoms with Crippen molar-refractivity contribution < 1.29 is 26.3 Å². The highest BCUT2D eigenvalue weighted by Crippen LogP contribution is 2.49. The maximum Gasteiger partial charge on any atom is 0.381 e. The van der Waals surface area contributed by atoms with Gasteiger partial charge in [-0.05, 0) is 40.8 Å². The molecule has 0 fully saturated rings. The summed E-state index contributed by atoms with van der Waals surface area (Å²) in [7, 11) is -6.36. The van der Waals surface area contributed by atoms with Crippen LogP contribution >= 0.6 is 11.3 Å². The second-order valence-electron chi connectivity index (χ2n) is 10.0. The van der Waals surface area contributed by atoms with Gasteiger partial charge in [0, 0.05) is 21.0 Å². The summed E-state index contributed by atoms with van der Waals surface area (Å²) in [5.74, 6) is -11.0. The third-order valence-corrected chi connectivity index (χ3v) is 11.7. The highest BCUT2D eigenvalue weighted by molar-refractivity contribution is 7.26. The van der Waals surface area contributed by atoms with Crippen molar-refractivity contribution in [2.75, 3.05) is 0 Å². The predicted octanol–water partition coefficient (Wildman–Crippen LogP) is 6.49. The Kier molecular flexibility index (Phi) is 4.82. The number of aromatic nitrogens is 2. The average Bonchev–Trinajstić information content (AvgIpc) is 3.02. The molecule has 0 unspecified atom stereocenters. The van der Waals surface area contributed by atoms with Crippen molar-refractivity contribution in [1.82, 2.24) is 9.97 Å². The molecule has 4 aromatic rings. The summed E-state index contributed by atoms with van der Waals surface area (Å²) in [6.45, 7) is 7.58. The summed E-state index contributed by atoms with van der Waals surface area (Å²) >= 11 is 1.14. The maximum absolute atomic E-state index is 15.0. The maximum atomic E-state index is 15.0. The van der Waals surface area contributed by atoms with Crippen molar-refractivity contribution in [3.8, 4) is 11.3 Å². The fraction of sp³-hybridized carbons (Fsp3) is 0.333. The van der Waals surface area contributed by atoms with E-state index >= 15 is 0 Å². The minimum absolute atomic E-state index is 0.00696. The van der Waals surface area contributed by atoms with Gasteiger partial charge in [-0.15, -0.1) is 11.3 Å². The van der Waals surface area contributed by atoms with Gasteiger partial charge in [-0.1, -0.05) is 50.6 Å². The Morgan fingerprint density at radius 2 is 1.50 bits per heavy atom. The van der Waals surface area contributed by atoms with E-state index in [2.05, 4.69) is 9.97 Å². The quantitative estimate of drug-likeness (QED) is 0.216. The summed E-state index contributed by atoms with van der Waals surface area (Å²) in [5.41, 5.74) is 1.08. The summed E-state index contributed by atoms with van der Waals surface area (Å²) in [6, 6.07) is 6.25. The van der Waals surface area contributed by atoms with Gasteiger partial charge in [0.15, 0.2) is 0 Å². The van der Waals surface area contributed by atoms with E-state index in [9.17, 15) is 26.3 Å². The number of hydrogen-bond donors (Lipinski definition) is 0. The van der Waals surface area contributed by atoms with Gasteiger partial charge < -0.3 is 0 Å². The Hall–Kier alpha value is -2.46. The van der Waals surface area contributed by atoms with Crippen LogP contribution in [0.5, 0.6) is 0 Å². The molecule has 2 aromatic heterocycles. The molecule has 5 rings (SSSR count). The van der Waals surface area contributed by atoms with E-state index in [1.54, 1.807) is 6.92 Å². The topological polar surface area (TPSA) is 25.8 Å². The van der Waals surface area contributed by atoms with E-state index in [-0.39, 0.29) is 27.4 Å². The molecule has 1 aliphatic heterocycles. The number of thiophene rings is 1. The normalized spacial score (nSPS) is 15.7. The standard InChI is InChI=1S/C24H20F6N2SSi/c1-12-5-7-15-14(9-12)19-18-17-16(34(15,23(25,26)27)24(28,29)30)8-6-13(10-22(2,3)4)20(17)33-21(18)32-11-31-19/h5-9,11H,10H2,1-4H3. The van der Waals surface area contributed by atoms with Gasteiger partial charge in [-0.2, -0.15) is 26.3 Å². The van der Waals surface area contributed by atoms with Crippen LogP contribution in [-0.2, 0) is 6.42 Å². The van der Waals surface area contributed by atoms with Gasteiger partial charge in [0.1, 0.15) is 11.2 Å². The highest BCUT2D eigenvalue weighted by atomic mass is 32.1. The van der Waals surface area contributed by atoms with Crippen molar-refractivity contribution in [2.45, 2.75) is 45.7 Å². The number of benzene rings is 2. The molecule has 0 aliphatic carbocycles. The Bertz CT molecular complexity index is 1450. The Balaban J connectivity index is 2.09. The molecule has 0 N–H and O–H groups in total. The van der Waals surface area contributed by atoms with E-state index in [4.69, 9.17) is 0 Å². The third kappa shape index (κ3) is 3.07. The SMILES string of the molecule is Cc1ccc2c(c1)-c1ncnc3sc4c(CC(C)(C)C)ccc(c4c13)[Si]2(C(F)(F)F)C(F)(F)F. The molecule has 2 aromatic carbocycles. The molecule has 0 bridgehead atoms. The van der Waals surface area contributed by atoms with Gasteiger partial charge in [0.05, 0.1) is 5.69 Å². The van der Waals surface area contributed by atoms with Crippen LogP contribution in [0.25, 0.3) is 31.6 Å². The number of aryl methyl sites for hydroxylation is 1. The number of alkyl halides is 6. The first-order valence-corrected chi connectivity index (χ1v) is 13.4. The molecule has 0 radical (unpaired) electrons. The first-order valence-electron chi connectivity index (χ1n) is 10.6. The molecule has 10 heteroatoms. The lowest BCUT2D eigenvalue weighted by Gasteiger charge is -2.36. The van der Waals surface area contributed by atoms with Crippen LogP contribution in [0, 0.1) is 12.3 Å². The van der Waals surface area contributed by atoms with E-state index in [1.165, 1.54) is 24.5 Å². The Morgan fingerprint density at radius 1 is 0.853 bits per heavy atom. The molecule has 2 nitrogen and oxygen atoms in total. The van der Waals surface area contributed by atoms with Gasteiger partial charge in [-0.3, -0.25) is 0 Å².